The van der Waals surface area contributed by atoms with Gasteiger partial charge in [0.05, 0.1) is 33.0 Å². The highest BCUT2D eigenvalue weighted by molar-refractivity contribution is 5.77. The number of hydrogen-bond acceptors (Lipinski definition) is 5. The smallest absolute Gasteiger partial charge is 0.188 e. The van der Waals surface area contributed by atoms with E-state index in [2.05, 4.69) is 10.3 Å². The van der Waals surface area contributed by atoms with Crippen molar-refractivity contribution < 1.29 is 18.9 Å². The third kappa shape index (κ3) is 4.31. The fourth-order valence-corrected chi connectivity index (χ4v) is 2.19. The zero-order valence-electron chi connectivity index (χ0n) is 11.4. The molecule has 0 radical (unpaired) electrons. The van der Waals surface area contributed by atoms with Crippen LogP contribution in [0.4, 0.5) is 0 Å². The van der Waals surface area contributed by atoms with Gasteiger partial charge in [0, 0.05) is 26.5 Å². The van der Waals surface area contributed by atoms with E-state index in [9.17, 15) is 0 Å². The summed E-state index contributed by atoms with van der Waals surface area (Å²) in [6.45, 7) is 3.70. The third-order valence-corrected chi connectivity index (χ3v) is 3.25. The van der Waals surface area contributed by atoms with E-state index in [1.807, 2.05) is 0 Å². The van der Waals surface area contributed by atoms with Crippen LogP contribution in [-0.4, -0.2) is 64.5 Å². The highest BCUT2D eigenvalue weighted by atomic mass is 16.7. The van der Waals surface area contributed by atoms with Crippen LogP contribution in [0.1, 0.15) is 12.8 Å². The Morgan fingerprint density at radius 2 is 2.26 bits per heavy atom. The molecular formula is C12H23N3O4. The molecule has 7 heteroatoms. The number of hydrogen-bond donors (Lipinski definition) is 2. The number of guanidine groups is 1. The van der Waals surface area contributed by atoms with E-state index in [4.69, 9.17) is 24.7 Å². The molecule has 0 aromatic heterocycles. The van der Waals surface area contributed by atoms with Crippen molar-refractivity contribution in [3.8, 4) is 0 Å². The second-order valence-electron chi connectivity index (χ2n) is 4.72. The molecule has 2 heterocycles. The van der Waals surface area contributed by atoms with Crippen LogP contribution in [0.2, 0.25) is 0 Å². The summed E-state index contributed by atoms with van der Waals surface area (Å²) in [7, 11) is 1.64. The molecule has 19 heavy (non-hydrogen) atoms. The monoisotopic (exact) mass is 273 g/mol. The first-order valence-electron chi connectivity index (χ1n) is 6.66. The molecule has 3 N–H and O–H groups in total. The number of methoxy groups -OCH3 is 1. The van der Waals surface area contributed by atoms with Crippen molar-refractivity contribution >= 4 is 5.96 Å². The molecule has 0 aliphatic carbocycles. The number of nitrogens with one attached hydrogen (secondary N) is 1. The van der Waals surface area contributed by atoms with Crippen molar-refractivity contribution in [1.29, 1.82) is 0 Å². The van der Waals surface area contributed by atoms with Gasteiger partial charge in [-0.15, -0.1) is 0 Å². The second kappa shape index (κ2) is 7.04. The van der Waals surface area contributed by atoms with Crippen molar-refractivity contribution in [3.63, 3.8) is 0 Å². The van der Waals surface area contributed by atoms with Gasteiger partial charge in [0.25, 0.3) is 0 Å². The maximum absolute atomic E-state index is 5.95. The van der Waals surface area contributed by atoms with Crippen LogP contribution in [0.5, 0.6) is 0 Å². The minimum atomic E-state index is -0.448. The molecular weight excluding hydrogens is 250 g/mol. The lowest BCUT2D eigenvalue weighted by Crippen LogP contribution is -2.38. The number of nitrogens with zero attached hydrogens (tertiary/aromatic N) is 1. The molecule has 110 valence electrons. The van der Waals surface area contributed by atoms with Gasteiger partial charge in [-0.2, -0.15) is 0 Å². The lowest BCUT2D eigenvalue weighted by atomic mass is 10.1. The molecule has 0 aromatic rings. The van der Waals surface area contributed by atoms with Gasteiger partial charge in [-0.1, -0.05) is 0 Å². The molecule has 7 nitrogen and oxygen atoms in total. The van der Waals surface area contributed by atoms with Gasteiger partial charge >= 0.3 is 0 Å². The van der Waals surface area contributed by atoms with E-state index in [-0.39, 0.29) is 6.10 Å². The highest BCUT2D eigenvalue weighted by Gasteiger charge is 2.42. The van der Waals surface area contributed by atoms with Crippen LogP contribution in [-0.2, 0) is 18.9 Å². The van der Waals surface area contributed by atoms with Crippen molar-refractivity contribution in [1.82, 2.24) is 5.32 Å². The Morgan fingerprint density at radius 1 is 1.47 bits per heavy atom. The Hall–Kier alpha value is -0.890. The predicted molar refractivity (Wildman–Crippen MR) is 70.0 cm³/mol. The first-order valence-corrected chi connectivity index (χ1v) is 6.66. The van der Waals surface area contributed by atoms with Crippen LogP contribution in [0, 0.1) is 0 Å². The molecule has 0 bridgehead atoms. The summed E-state index contributed by atoms with van der Waals surface area (Å²) in [5.74, 6) is -0.0370. The summed E-state index contributed by atoms with van der Waals surface area (Å²) in [4.78, 5) is 4.25. The molecule has 1 unspecified atom stereocenters. The molecule has 0 saturated carbocycles. The maximum Gasteiger partial charge on any atom is 0.188 e. The van der Waals surface area contributed by atoms with E-state index < -0.39 is 5.79 Å². The van der Waals surface area contributed by atoms with Gasteiger partial charge in [-0.3, -0.25) is 4.99 Å². The second-order valence-corrected chi connectivity index (χ2v) is 4.72. The van der Waals surface area contributed by atoms with E-state index in [1.54, 1.807) is 7.11 Å². The molecule has 2 aliphatic rings. The quantitative estimate of drug-likeness (QED) is 0.397. The number of ether oxygens (including phenoxy) is 4. The highest BCUT2D eigenvalue weighted by Crippen LogP contribution is 2.33. The van der Waals surface area contributed by atoms with Gasteiger partial charge in [0.15, 0.2) is 11.7 Å². The Morgan fingerprint density at radius 3 is 3.00 bits per heavy atom. The van der Waals surface area contributed by atoms with Crippen LogP contribution in [0.25, 0.3) is 0 Å². The van der Waals surface area contributed by atoms with Crippen LogP contribution < -0.4 is 11.1 Å². The molecule has 2 fully saturated rings. The first kappa shape index (κ1) is 14.5. The summed E-state index contributed by atoms with van der Waals surface area (Å²) < 4.78 is 22.0. The maximum atomic E-state index is 5.95. The standard InChI is InChI=1S/C12H23N3O4/c1-16-7-4-14-11(13)15-8-10-9-18-12(19-10)2-5-17-6-3-12/h10H,2-9H2,1H3,(H3,13,14,15). The number of aliphatic imine (C=N–C) groups is 1. The SMILES string of the molecule is COCCNC(N)=NCC1COC2(CCOCC2)O1. The van der Waals surface area contributed by atoms with Crippen molar-refractivity contribution in [3.05, 3.63) is 0 Å². The van der Waals surface area contributed by atoms with Gasteiger partial charge in [0.2, 0.25) is 0 Å². The van der Waals surface area contributed by atoms with Gasteiger partial charge in [-0.05, 0) is 0 Å². The fraction of sp³-hybridized carbons (Fsp3) is 0.917. The summed E-state index contributed by atoms with van der Waals surface area (Å²) in [6, 6.07) is 0. The number of rotatable bonds is 5. The molecule has 1 atom stereocenters. The van der Waals surface area contributed by atoms with E-state index in [1.165, 1.54) is 0 Å². The van der Waals surface area contributed by atoms with Crippen LogP contribution in [0.3, 0.4) is 0 Å². The molecule has 2 rings (SSSR count). The zero-order valence-corrected chi connectivity index (χ0v) is 11.4. The normalized spacial score (nSPS) is 26.8. The molecule has 0 amide bonds. The Labute approximate surface area is 113 Å². The average Bonchev–Trinajstić information content (AvgIpc) is 2.81. The molecule has 1 spiro atoms. The largest absolute Gasteiger partial charge is 0.383 e. The number of nitrogens with two attached hydrogens (primary N) is 1. The first-order chi connectivity index (χ1) is 9.24. The van der Waals surface area contributed by atoms with Gasteiger partial charge < -0.3 is 30.0 Å². The Bertz CT molecular complexity index is 305. The summed E-state index contributed by atoms with van der Waals surface area (Å²) in [6.07, 6.45) is 1.55. The van der Waals surface area contributed by atoms with Crippen molar-refractivity contribution in [2.75, 3.05) is 46.6 Å². The van der Waals surface area contributed by atoms with Crippen LogP contribution >= 0.6 is 0 Å². The summed E-state index contributed by atoms with van der Waals surface area (Å²) >= 11 is 0. The average molecular weight is 273 g/mol. The van der Waals surface area contributed by atoms with Crippen molar-refractivity contribution in [2.45, 2.75) is 24.7 Å². The molecule has 2 aliphatic heterocycles. The topological polar surface area (TPSA) is 87.3 Å². The predicted octanol–water partition coefficient (Wildman–Crippen LogP) is -0.541. The van der Waals surface area contributed by atoms with E-state index >= 15 is 0 Å². The molecule has 0 aromatic carbocycles. The van der Waals surface area contributed by atoms with Gasteiger partial charge in [-0.25, -0.2) is 0 Å². The fourth-order valence-electron chi connectivity index (χ4n) is 2.19. The van der Waals surface area contributed by atoms with Crippen molar-refractivity contribution in [2.24, 2.45) is 10.7 Å². The van der Waals surface area contributed by atoms with Crippen LogP contribution in [0.15, 0.2) is 4.99 Å². The lowest BCUT2D eigenvalue weighted by Gasteiger charge is -2.31. The third-order valence-electron chi connectivity index (χ3n) is 3.25. The Balaban J connectivity index is 1.71. The Kier molecular flexibility index (Phi) is 5.38. The van der Waals surface area contributed by atoms with E-state index in [0.29, 0.717) is 45.5 Å². The summed E-state index contributed by atoms with van der Waals surface area (Å²) in [5, 5.41) is 2.96. The van der Waals surface area contributed by atoms with Gasteiger partial charge in [0.1, 0.15) is 6.10 Å². The minimum Gasteiger partial charge on any atom is -0.383 e. The molecule has 2 saturated heterocycles. The minimum absolute atomic E-state index is 0.0270. The van der Waals surface area contributed by atoms with E-state index in [0.717, 1.165) is 12.8 Å². The summed E-state index contributed by atoms with van der Waals surface area (Å²) in [5.41, 5.74) is 5.73. The zero-order chi connectivity index (χ0) is 13.6. The lowest BCUT2D eigenvalue weighted by molar-refractivity contribution is -0.210.